The molecule has 6 heteroatoms. The molecule has 1 unspecified atom stereocenters. The van der Waals surface area contributed by atoms with Crippen LogP contribution in [0, 0.1) is 13.8 Å². The van der Waals surface area contributed by atoms with Gasteiger partial charge in [0.15, 0.2) is 11.0 Å². The third-order valence-corrected chi connectivity index (χ3v) is 5.75. The van der Waals surface area contributed by atoms with Gasteiger partial charge < -0.3 is 9.88 Å². The van der Waals surface area contributed by atoms with E-state index in [0.717, 1.165) is 34.2 Å². The molecule has 0 spiro atoms. The van der Waals surface area contributed by atoms with Crippen molar-refractivity contribution in [3.8, 4) is 11.4 Å². The molecule has 0 radical (unpaired) electrons. The van der Waals surface area contributed by atoms with Crippen LogP contribution in [0.4, 0.5) is 0 Å². The van der Waals surface area contributed by atoms with E-state index in [4.69, 9.17) is 0 Å². The monoisotopic (exact) mass is 394 g/mol. The van der Waals surface area contributed by atoms with Crippen molar-refractivity contribution in [2.24, 2.45) is 0 Å². The smallest absolute Gasteiger partial charge is 0.230 e. The zero-order chi connectivity index (χ0) is 20.1. The van der Waals surface area contributed by atoms with Crippen molar-refractivity contribution in [3.05, 3.63) is 65.2 Å². The third-order valence-electron chi connectivity index (χ3n) is 4.78. The fourth-order valence-electron chi connectivity index (χ4n) is 3.27. The van der Waals surface area contributed by atoms with Gasteiger partial charge in [-0.2, -0.15) is 0 Å². The van der Waals surface area contributed by atoms with Gasteiger partial charge in [0.1, 0.15) is 0 Å². The second-order valence-electron chi connectivity index (χ2n) is 6.80. The maximum absolute atomic E-state index is 12.5. The van der Waals surface area contributed by atoms with E-state index in [1.165, 1.54) is 17.3 Å². The number of amides is 1. The third kappa shape index (κ3) is 4.44. The van der Waals surface area contributed by atoms with Crippen molar-refractivity contribution >= 4 is 17.7 Å². The van der Waals surface area contributed by atoms with E-state index in [1.807, 2.05) is 31.2 Å². The van der Waals surface area contributed by atoms with Crippen LogP contribution in [-0.4, -0.2) is 26.4 Å². The SMILES string of the molecule is CCn1c(SCC(=O)NC(C)c2ccccc2C)nnc1-c1ccccc1C. The Labute approximate surface area is 170 Å². The van der Waals surface area contributed by atoms with E-state index in [-0.39, 0.29) is 11.9 Å². The van der Waals surface area contributed by atoms with Gasteiger partial charge >= 0.3 is 0 Å². The van der Waals surface area contributed by atoms with Gasteiger partial charge in [-0.25, -0.2) is 0 Å². The van der Waals surface area contributed by atoms with Crippen LogP contribution in [0.1, 0.15) is 36.6 Å². The van der Waals surface area contributed by atoms with E-state index in [1.54, 1.807) is 0 Å². The molecule has 146 valence electrons. The van der Waals surface area contributed by atoms with E-state index in [0.29, 0.717) is 5.75 Å². The Morgan fingerprint density at radius 3 is 2.43 bits per heavy atom. The van der Waals surface area contributed by atoms with Crippen molar-refractivity contribution in [1.82, 2.24) is 20.1 Å². The number of thioether (sulfide) groups is 1. The molecule has 0 aliphatic rings. The largest absolute Gasteiger partial charge is 0.349 e. The lowest BCUT2D eigenvalue weighted by Gasteiger charge is -2.16. The standard InChI is InChI=1S/C22H26N4OS/c1-5-26-21(19-13-9-7-11-16(19)3)24-25-22(26)28-14-20(27)23-17(4)18-12-8-6-10-15(18)2/h6-13,17H,5,14H2,1-4H3,(H,23,27). The van der Waals surface area contributed by atoms with Crippen molar-refractivity contribution in [3.63, 3.8) is 0 Å². The number of hydrogen-bond donors (Lipinski definition) is 1. The minimum absolute atomic E-state index is 0.0103. The summed E-state index contributed by atoms with van der Waals surface area (Å²) < 4.78 is 2.06. The van der Waals surface area contributed by atoms with E-state index in [2.05, 4.69) is 65.1 Å². The van der Waals surface area contributed by atoms with Crippen LogP contribution in [0.2, 0.25) is 0 Å². The molecule has 28 heavy (non-hydrogen) atoms. The highest BCUT2D eigenvalue weighted by Gasteiger charge is 2.17. The second kappa shape index (κ2) is 9.06. The second-order valence-corrected chi connectivity index (χ2v) is 7.74. The lowest BCUT2D eigenvalue weighted by molar-refractivity contribution is -0.119. The first-order chi connectivity index (χ1) is 13.5. The molecule has 1 atom stereocenters. The van der Waals surface area contributed by atoms with Gasteiger partial charge in [-0.1, -0.05) is 60.3 Å². The number of carbonyl (C=O) groups excluding carboxylic acids is 1. The zero-order valence-electron chi connectivity index (χ0n) is 16.8. The number of benzene rings is 2. The van der Waals surface area contributed by atoms with Crippen molar-refractivity contribution in [2.75, 3.05) is 5.75 Å². The summed E-state index contributed by atoms with van der Waals surface area (Å²) in [5, 5.41) is 12.5. The van der Waals surface area contributed by atoms with E-state index >= 15 is 0 Å². The average molecular weight is 395 g/mol. The van der Waals surface area contributed by atoms with Crippen molar-refractivity contribution in [2.45, 2.75) is 45.4 Å². The lowest BCUT2D eigenvalue weighted by Crippen LogP contribution is -2.28. The zero-order valence-corrected chi connectivity index (χ0v) is 17.6. The average Bonchev–Trinajstić information content (AvgIpc) is 3.09. The van der Waals surface area contributed by atoms with E-state index < -0.39 is 0 Å². The molecular formula is C22H26N4OS. The highest BCUT2D eigenvalue weighted by Crippen LogP contribution is 2.26. The van der Waals surface area contributed by atoms with Crippen LogP contribution in [-0.2, 0) is 11.3 Å². The normalized spacial score (nSPS) is 12.0. The molecule has 1 amide bonds. The molecule has 3 rings (SSSR count). The molecular weight excluding hydrogens is 368 g/mol. The maximum Gasteiger partial charge on any atom is 0.230 e. The first kappa shape index (κ1) is 20.1. The Kier molecular flexibility index (Phi) is 6.52. The molecule has 0 aliphatic heterocycles. The Morgan fingerprint density at radius 1 is 1.07 bits per heavy atom. The molecule has 0 aliphatic carbocycles. The minimum Gasteiger partial charge on any atom is -0.349 e. The summed E-state index contributed by atoms with van der Waals surface area (Å²) in [5.41, 5.74) is 4.54. The summed E-state index contributed by atoms with van der Waals surface area (Å²) in [6.45, 7) is 8.95. The van der Waals surface area contributed by atoms with Gasteiger partial charge in [0.25, 0.3) is 0 Å². The molecule has 0 bridgehead atoms. The highest BCUT2D eigenvalue weighted by molar-refractivity contribution is 7.99. The molecule has 5 nitrogen and oxygen atoms in total. The first-order valence-electron chi connectivity index (χ1n) is 9.48. The summed E-state index contributed by atoms with van der Waals surface area (Å²) in [4.78, 5) is 12.5. The summed E-state index contributed by atoms with van der Waals surface area (Å²) >= 11 is 1.42. The van der Waals surface area contributed by atoms with Gasteiger partial charge in [0.2, 0.25) is 5.91 Å². The molecule has 0 saturated carbocycles. The lowest BCUT2D eigenvalue weighted by atomic mass is 10.0. The number of aryl methyl sites for hydroxylation is 2. The molecule has 1 heterocycles. The van der Waals surface area contributed by atoms with Gasteiger partial charge in [-0.05, 0) is 44.4 Å². The van der Waals surface area contributed by atoms with Crippen LogP contribution in [0.3, 0.4) is 0 Å². The van der Waals surface area contributed by atoms with Crippen LogP contribution < -0.4 is 5.32 Å². The van der Waals surface area contributed by atoms with Crippen molar-refractivity contribution < 1.29 is 4.79 Å². The predicted octanol–water partition coefficient (Wildman–Crippen LogP) is 4.55. The Balaban J connectivity index is 1.67. The Bertz CT molecular complexity index is 967. The summed E-state index contributed by atoms with van der Waals surface area (Å²) in [7, 11) is 0. The minimum atomic E-state index is -0.0270. The number of hydrogen-bond acceptors (Lipinski definition) is 4. The quantitative estimate of drug-likeness (QED) is 0.597. The molecule has 0 fully saturated rings. The Hall–Kier alpha value is -2.60. The molecule has 3 aromatic rings. The van der Waals surface area contributed by atoms with Crippen LogP contribution in [0.5, 0.6) is 0 Å². The number of nitrogens with one attached hydrogen (secondary N) is 1. The molecule has 0 saturated heterocycles. The fourth-order valence-corrected chi connectivity index (χ4v) is 4.08. The maximum atomic E-state index is 12.5. The van der Waals surface area contributed by atoms with Gasteiger partial charge in [0.05, 0.1) is 11.8 Å². The summed E-state index contributed by atoms with van der Waals surface area (Å²) in [5.74, 6) is 1.14. The number of carbonyl (C=O) groups is 1. The number of aromatic nitrogens is 3. The first-order valence-corrected chi connectivity index (χ1v) is 10.5. The van der Waals surface area contributed by atoms with Crippen LogP contribution >= 0.6 is 11.8 Å². The summed E-state index contributed by atoms with van der Waals surface area (Å²) in [6, 6.07) is 16.2. The van der Waals surface area contributed by atoms with Crippen LogP contribution in [0.15, 0.2) is 53.7 Å². The Morgan fingerprint density at radius 2 is 1.75 bits per heavy atom. The van der Waals surface area contributed by atoms with Crippen molar-refractivity contribution in [1.29, 1.82) is 0 Å². The molecule has 2 aromatic carbocycles. The summed E-state index contributed by atoms with van der Waals surface area (Å²) in [6.07, 6.45) is 0. The van der Waals surface area contributed by atoms with E-state index in [9.17, 15) is 4.79 Å². The number of rotatable bonds is 7. The van der Waals surface area contributed by atoms with Gasteiger partial charge in [0, 0.05) is 12.1 Å². The van der Waals surface area contributed by atoms with Gasteiger partial charge in [-0.3, -0.25) is 4.79 Å². The molecule has 1 aromatic heterocycles. The predicted molar refractivity (Wildman–Crippen MR) is 114 cm³/mol. The van der Waals surface area contributed by atoms with Gasteiger partial charge in [-0.15, -0.1) is 10.2 Å². The van der Waals surface area contributed by atoms with Crippen LogP contribution in [0.25, 0.3) is 11.4 Å². The topological polar surface area (TPSA) is 59.8 Å². The number of nitrogens with zero attached hydrogens (tertiary/aromatic N) is 3. The molecule has 1 N–H and O–H groups in total. The highest BCUT2D eigenvalue weighted by atomic mass is 32.2. The fraction of sp³-hybridized carbons (Fsp3) is 0.318.